The van der Waals surface area contributed by atoms with Crippen molar-refractivity contribution in [2.45, 2.75) is 38.0 Å². The Morgan fingerprint density at radius 2 is 2.28 bits per heavy atom. The molecule has 0 aromatic carbocycles. The number of hydrogen-bond donors (Lipinski definition) is 1. The first-order valence-corrected chi connectivity index (χ1v) is 11.6. The van der Waals surface area contributed by atoms with Crippen LogP contribution in [0.15, 0.2) is 6.20 Å². The number of hydrogen-bond acceptors (Lipinski definition) is 8. The van der Waals surface area contributed by atoms with E-state index in [4.69, 9.17) is 21.1 Å². The molecule has 0 bridgehead atoms. The van der Waals surface area contributed by atoms with Gasteiger partial charge in [0.05, 0.1) is 24.3 Å². The molecule has 3 aliphatic heterocycles. The third-order valence-electron chi connectivity index (χ3n) is 6.14. The van der Waals surface area contributed by atoms with Crippen LogP contribution in [0.25, 0.3) is 11.0 Å². The van der Waals surface area contributed by atoms with E-state index in [1.54, 1.807) is 4.68 Å². The van der Waals surface area contributed by atoms with Crippen LogP contribution in [0.2, 0.25) is 5.28 Å². The summed E-state index contributed by atoms with van der Waals surface area (Å²) in [6, 6.07) is 0. The summed E-state index contributed by atoms with van der Waals surface area (Å²) in [5.41, 5.74) is 1.06. The van der Waals surface area contributed by atoms with E-state index in [-0.39, 0.29) is 24.0 Å². The molecule has 0 saturated carbocycles. The Kier molecular flexibility index (Phi) is 5.43. The van der Waals surface area contributed by atoms with Crippen LogP contribution in [0.3, 0.4) is 0 Å². The van der Waals surface area contributed by atoms with Gasteiger partial charge in [0.2, 0.25) is 11.6 Å². The number of fused-ring (bicyclic) bond motifs is 1. The maximum Gasteiger partial charge on any atom is 0.353 e. The molecule has 0 radical (unpaired) electrons. The number of piperidine rings is 1. The first-order chi connectivity index (χ1) is 14.2. The number of nitrogens with one attached hydrogen (secondary N) is 1. The summed E-state index contributed by atoms with van der Waals surface area (Å²) >= 11 is 6.28. The van der Waals surface area contributed by atoms with Gasteiger partial charge < -0.3 is 19.7 Å². The van der Waals surface area contributed by atoms with Crippen LogP contribution >= 0.6 is 20.1 Å². The zero-order valence-electron chi connectivity index (χ0n) is 16.1. The molecule has 5 heterocycles. The minimum atomic E-state index is -0.447. The zero-order chi connectivity index (χ0) is 19.8. The molecule has 0 aliphatic carbocycles. The van der Waals surface area contributed by atoms with Gasteiger partial charge in [-0.15, -0.1) is 0 Å². The standard InChI is InChI=1S/C18H24ClN6O3P/c19-17-22-15(24-9-18(10-24)4-1-5-20-8-18)13-6-21-25(16(13)23-17)14-3-2-12(28-14)7-27-11-29-26/h6,12,14,20H,1-5,7-11H2/p+1. The lowest BCUT2D eigenvalue weighted by Crippen LogP contribution is -2.62. The van der Waals surface area contributed by atoms with Gasteiger partial charge in [0.25, 0.3) is 0 Å². The normalized spacial score (nSPS) is 26.4. The zero-order valence-corrected chi connectivity index (χ0v) is 17.9. The quantitative estimate of drug-likeness (QED) is 0.416. The van der Waals surface area contributed by atoms with Crippen LogP contribution in [-0.2, 0) is 14.0 Å². The smallest absolute Gasteiger partial charge is 0.353 e. The third kappa shape index (κ3) is 3.75. The monoisotopic (exact) mass is 439 g/mol. The van der Waals surface area contributed by atoms with Crippen molar-refractivity contribution in [2.24, 2.45) is 5.41 Å². The average molecular weight is 440 g/mol. The third-order valence-corrected chi connectivity index (χ3v) is 6.63. The SMILES string of the molecule is O=[PH+]COCC1CCC(n2ncc3c(N4CC5(CCCNC5)C4)nc(Cl)nc32)O1. The Balaban J connectivity index is 1.34. The fourth-order valence-corrected chi connectivity index (χ4v) is 5.13. The van der Waals surface area contributed by atoms with Gasteiger partial charge in [-0.05, 0) is 43.8 Å². The molecule has 9 nitrogen and oxygen atoms in total. The second-order valence-electron chi connectivity index (χ2n) is 8.23. The topological polar surface area (TPSA) is 94.4 Å². The highest BCUT2D eigenvalue weighted by molar-refractivity contribution is 7.23. The minimum Gasteiger partial charge on any atom is -0.355 e. The van der Waals surface area contributed by atoms with Crippen molar-refractivity contribution in [1.29, 1.82) is 0 Å². The second kappa shape index (κ2) is 8.04. The van der Waals surface area contributed by atoms with Crippen molar-refractivity contribution in [2.75, 3.05) is 44.0 Å². The van der Waals surface area contributed by atoms with Crippen LogP contribution in [0, 0.1) is 5.41 Å². The summed E-state index contributed by atoms with van der Waals surface area (Å²) in [6.45, 7) is 4.58. The van der Waals surface area contributed by atoms with Crippen LogP contribution in [0.5, 0.6) is 0 Å². The Bertz CT molecular complexity index is 897. The molecule has 2 aromatic rings. The summed E-state index contributed by atoms with van der Waals surface area (Å²) < 4.78 is 23.8. The number of halogens is 1. The predicted molar refractivity (Wildman–Crippen MR) is 110 cm³/mol. The molecule has 156 valence electrons. The van der Waals surface area contributed by atoms with Gasteiger partial charge >= 0.3 is 8.46 Å². The van der Waals surface area contributed by atoms with Gasteiger partial charge in [-0.1, -0.05) is 4.57 Å². The van der Waals surface area contributed by atoms with Crippen molar-refractivity contribution in [1.82, 2.24) is 25.1 Å². The molecule has 3 atom stereocenters. The maximum absolute atomic E-state index is 10.6. The Hall–Kier alpha value is -1.38. The molecule has 2 aromatic heterocycles. The van der Waals surface area contributed by atoms with Crippen LogP contribution < -0.4 is 10.2 Å². The number of nitrogens with zero attached hydrogens (tertiary/aromatic N) is 5. The highest BCUT2D eigenvalue weighted by Gasteiger charge is 2.45. The van der Waals surface area contributed by atoms with Crippen molar-refractivity contribution in [3.63, 3.8) is 0 Å². The summed E-state index contributed by atoms with van der Waals surface area (Å²) in [5, 5.41) is 9.21. The van der Waals surface area contributed by atoms with Crippen LogP contribution in [0.4, 0.5) is 5.82 Å². The summed E-state index contributed by atoms with van der Waals surface area (Å²) in [6.07, 6.45) is 5.99. The molecular weight excluding hydrogens is 415 g/mol. The average Bonchev–Trinajstić information content (AvgIpc) is 3.33. The predicted octanol–water partition coefficient (Wildman–Crippen LogP) is 2.35. The van der Waals surface area contributed by atoms with Crippen molar-refractivity contribution < 1.29 is 14.0 Å². The van der Waals surface area contributed by atoms with Crippen molar-refractivity contribution >= 4 is 36.9 Å². The van der Waals surface area contributed by atoms with E-state index in [0.29, 0.717) is 17.7 Å². The molecule has 3 aliphatic rings. The number of anilines is 1. The molecule has 11 heteroatoms. The second-order valence-corrected chi connectivity index (χ2v) is 9.14. The molecule has 29 heavy (non-hydrogen) atoms. The molecule has 0 amide bonds. The molecule has 3 unspecified atom stereocenters. The fourth-order valence-electron chi connectivity index (χ4n) is 4.77. The van der Waals surface area contributed by atoms with Gasteiger partial charge in [0.1, 0.15) is 5.82 Å². The molecular formula is C18H25ClN6O3P+. The fraction of sp³-hybridized carbons (Fsp3) is 0.722. The lowest BCUT2D eigenvalue weighted by molar-refractivity contribution is -0.0374. The molecule has 3 fully saturated rings. The summed E-state index contributed by atoms with van der Waals surface area (Å²) in [5.74, 6) is 0.858. The van der Waals surface area contributed by atoms with Gasteiger partial charge in [-0.2, -0.15) is 15.1 Å². The van der Waals surface area contributed by atoms with E-state index in [9.17, 15) is 4.57 Å². The Labute approximate surface area is 175 Å². The Morgan fingerprint density at radius 3 is 3.07 bits per heavy atom. The van der Waals surface area contributed by atoms with Crippen molar-refractivity contribution in [3.05, 3.63) is 11.5 Å². The maximum atomic E-state index is 10.6. The van der Waals surface area contributed by atoms with Crippen molar-refractivity contribution in [3.8, 4) is 0 Å². The molecule has 5 rings (SSSR count). The van der Waals surface area contributed by atoms with E-state index in [1.165, 1.54) is 12.8 Å². The van der Waals surface area contributed by atoms with E-state index in [0.717, 1.165) is 50.2 Å². The van der Waals surface area contributed by atoms with E-state index < -0.39 is 8.46 Å². The summed E-state index contributed by atoms with van der Waals surface area (Å²) in [4.78, 5) is 11.3. The number of ether oxygens (including phenoxy) is 2. The van der Waals surface area contributed by atoms with Gasteiger partial charge in [0, 0.05) is 25.0 Å². The van der Waals surface area contributed by atoms with Gasteiger partial charge in [0.15, 0.2) is 11.9 Å². The molecule has 3 saturated heterocycles. The van der Waals surface area contributed by atoms with Gasteiger partial charge in [-0.25, -0.2) is 4.68 Å². The first-order valence-electron chi connectivity index (χ1n) is 10.1. The first kappa shape index (κ1) is 19.6. The van der Waals surface area contributed by atoms with Gasteiger partial charge in [-0.3, -0.25) is 0 Å². The van der Waals surface area contributed by atoms with E-state index >= 15 is 0 Å². The van der Waals surface area contributed by atoms with Crippen LogP contribution in [-0.4, -0.2) is 65.0 Å². The van der Waals surface area contributed by atoms with E-state index in [1.807, 2.05) is 6.20 Å². The Morgan fingerprint density at radius 1 is 1.38 bits per heavy atom. The molecule has 1 spiro atoms. The highest BCUT2D eigenvalue weighted by Crippen LogP contribution is 2.41. The lowest BCUT2D eigenvalue weighted by atomic mass is 9.74. The number of rotatable bonds is 6. The number of aromatic nitrogens is 4. The largest absolute Gasteiger partial charge is 0.355 e. The lowest BCUT2D eigenvalue weighted by Gasteiger charge is -2.53. The van der Waals surface area contributed by atoms with E-state index in [2.05, 4.69) is 25.3 Å². The molecule has 1 N–H and O–H groups in total. The van der Waals surface area contributed by atoms with Crippen LogP contribution in [0.1, 0.15) is 31.9 Å². The highest BCUT2D eigenvalue weighted by atomic mass is 35.5. The minimum absolute atomic E-state index is 0.0265. The summed E-state index contributed by atoms with van der Waals surface area (Å²) in [7, 11) is -0.447.